The Morgan fingerprint density at radius 2 is 1.53 bits per heavy atom. The number of nitrogens with zero attached hydrogens (tertiary/aromatic N) is 1. The van der Waals surface area contributed by atoms with Gasteiger partial charge in [-0.3, -0.25) is 4.90 Å². The van der Waals surface area contributed by atoms with Crippen LogP contribution in [0.5, 0.6) is 0 Å². The van der Waals surface area contributed by atoms with Gasteiger partial charge in [0.05, 0.1) is 0 Å². The Kier molecular flexibility index (Phi) is 4.81. The molecule has 0 heterocycles. The van der Waals surface area contributed by atoms with Crippen LogP contribution in [0, 0.1) is 13.8 Å². The molecule has 0 saturated carbocycles. The molecule has 1 rings (SSSR count). The minimum Gasteiger partial charge on any atom is -0.300 e. The summed E-state index contributed by atoms with van der Waals surface area (Å²) >= 11 is 3.60. The average Bonchev–Trinajstić information content (AvgIpc) is 2.22. The Morgan fingerprint density at radius 3 is 1.93 bits per heavy atom. The van der Waals surface area contributed by atoms with E-state index >= 15 is 0 Å². The van der Waals surface area contributed by atoms with E-state index in [2.05, 4.69) is 60.7 Å². The van der Waals surface area contributed by atoms with Gasteiger partial charge in [0.15, 0.2) is 0 Å². The first-order chi connectivity index (χ1) is 7.08. The van der Waals surface area contributed by atoms with Gasteiger partial charge in [-0.2, -0.15) is 0 Å². The molecule has 0 N–H and O–H groups in total. The maximum Gasteiger partial charge on any atom is 0.0233 e. The molecule has 0 amide bonds. The summed E-state index contributed by atoms with van der Waals surface area (Å²) in [5, 5.41) is 0. The van der Waals surface area contributed by atoms with Gasteiger partial charge in [0, 0.05) is 11.0 Å². The molecule has 0 aliphatic carbocycles. The molecule has 0 aliphatic rings. The molecule has 0 aliphatic heterocycles. The Hall–Kier alpha value is -0.340. The summed E-state index contributed by atoms with van der Waals surface area (Å²) < 4.78 is 1.24. The number of aryl methyl sites for hydroxylation is 2. The highest BCUT2D eigenvalue weighted by Crippen LogP contribution is 2.23. The van der Waals surface area contributed by atoms with Gasteiger partial charge in [-0.25, -0.2) is 0 Å². The minimum atomic E-state index is 1.06. The van der Waals surface area contributed by atoms with Gasteiger partial charge in [0.25, 0.3) is 0 Å². The van der Waals surface area contributed by atoms with Crippen molar-refractivity contribution < 1.29 is 0 Å². The Labute approximate surface area is 102 Å². The summed E-state index contributed by atoms with van der Waals surface area (Å²) in [6.45, 7) is 12.0. The lowest BCUT2D eigenvalue weighted by molar-refractivity contribution is 0.296. The van der Waals surface area contributed by atoms with Gasteiger partial charge < -0.3 is 0 Å². The first kappa shape index (κ1) is 12.7. The quantitative estimate of drug-likeness (QED) is 0.801. The van der Waals surface area contributed by atoms with Gasteiger partial charge >= 0.3 is 0 Å². The standard InChI is InChI=1S/C13H20BrN/c1-5-15(6-2)9-12-7-10(3)13(14)11(4)8-12/h7-8H,5-6,9H2,1-4H3. The molecular weight excluding hydrogens is 250 g/mol. The molecule has 0 spiro atoms. The Bertz CT molecular complexity index is 306. The predicted octanol–water partition coefficient (Wildman–Crippen LogP) is 3.91. The highest BCUT2D eigenvalue weighted by Gasteiger charge is 2.05. The molecule has 84 valence electrons. The first-order valence-electron chi connectivity index (χ1n) is 5.56. The van der Waals surface area contributed by atoms with Crippen LogP contribution in [0.1, 0.15) is 30.5 Å². The van der Waals surface area contributed by atoms with Crippen LogP contribution in [0.25, 0.3) is 0 Å². The molecular formula is C13H20BrN. The number of hydrogen-bond acceptors (Lipinski definition) is 1. The van der Waals surface area contributed by atoms with E-state index in [0.717, 1.165) is 19.6 Å². The molecule has 0 saturated heterocycles. The lowest BCUT2D eigenvalue weighted by Gasteiger charge is -2.19. The van der Waals surface area contributed by atoms with Gasteiger partial charge in [0.1, 0.15) is 0 Å². The van der Waals surface area contributed by atoms with Gasteiger partial charge in [-0.05, 0) is 43.6 Å². The first-order valence-corrected chi connectivity index (χ1v) is 6.35. The highest BCUT2D eigenvalue weighted by atomic mass is 79.9. The van der Waals surface area contributed by atoms with Crippen LogP contribution in [0.2, 0.25) is 0 Å². The lowest BCUT2D eigenvalue weighted by atomic mass is 10.1. The van der Waals surface area contributed by atoms with Crippen molar-refractivity contribution in [2.75, 3.05) is 13.1 Å². The van der Waals surface area contributed by atoms with Crippen LogP contribution >= 0.6 is 15.9 Å². The third-order valence-corrected chi connectivity index (χ3v) is 4.05. The molecule has 0 atom stereocenters. The fourth-order valence-electron chi connectivity index (χ4n) is 1.83. The molecule has 0 unspecified atom stereocenters. The average molecular weight is 270 g/mol. The predicted molar refractivity (Wildman–Crippen MR) is 70.2 cm³/mol. The topological polar surface area (TPSA) is 3.24 Å². The third-order valence-electron chi connectivity index (χ3n) is 2.80. The van der Waals surface area contributed by atoms with Gasteiger partial charge in [-0.1, -0.05) is 41.9 Å². The Morgan fingerprint density at radius 1 is 1.07 bits per heavy atom. The fourth-order valence-corrected chi connectivity index (χ4v) is 2.06. The molecule has 0 radical (unpaired) electrons. The molecule has 15 heavy (non-hydrogen) atoms. The fraction of sp³-hybridized carbons (Fsp3) is 0.538. The zero-order valence-corrected chi connectivity index (χ0v) is 11.7. The second-order valence-corrected chi connectivity index (χ2v) is 4.80. The third kappa shape index (κ3) is 3.32. The van der Waals surface area contributed by atoms with E-state index in [1.807, 2.05) is 0 Å². The van der Waals surface area contributed by atoms with Crippen LogP contribution in [-0.4, -0.2) is 18.0 Å². The van der Waals surface area contributed by atoms with E-state index in [0.29, 0.717) is 0 Å². The zero-order chi connectivity index (χ0) is 11.4. The van der Waals surface area contributed by atoms with Crippen LogP contribution in [0.3, 0.4) is 0 Å². The second-order valence-electron chi connectivity index (χ2n) is 4.00. The van der Waals surface area contributed by atoms with Crippen LogP contribution in [0.15, 0.2) is 16.6 Å². The number of rotatable bonds is 4. The van der Waals surface area contributed by atoms with Gasteiger partial charge in [-0.15, -0.1) is 0 Å². The highest BCUT2D eigenvalue weighted by molar-refractivity contribution is 9.10. The van der Waals surface area contributed by atoms with E-state index in [4.69, 9.17) is 0 Å². The summed E-state index contributed by atoms with van der Waals surface area (Å²) in [5.41, 5.74) is 4.08. The van der Waals surface area contributed by atoms with Crippen molar-refractivity contribution in [2.24, 2.45) is 0 Å². The summed E-state index contributed by atoms with van der Waals surface area (Å²) in [5.74, 6) is 0. The van der Waals surface area contributed by atoms with E-state index in [9.17, 15) is 0 Å². The molecule has 1 aromatic carbocycles. The molecule has 1 nitrogen and oxygen atoms in total. The smallest absolute Gasteiger partial charge is 0.0233 e. The monoisotopic (exact) mass is 269 g/mol. The van der Waals surface area contributed by atoms with Gasteiger partial charge in [0.2, 0.25) is 0 Å². The molecule has 1 aromatic rings. The number of halogens is 1. The summed E-state index contributed by atoms with van der Waals surface area (Å²) in [4.78, 5) is 2.43. The van der Waals surface area contributed by atoms with Crippen molar-refractivity contribution in [1.29, 1.82) is 0 Å². The van der Waals surface area contributed by atoms with Crippen LogP contribution in [-0.2, 0) is 6.54 Å². The van der Waals surface area contributed by atoms with Crippen molar-refractivity contribution in [3.8, 4) is 0 Å². The normalized spacial score (nSPS) is 11.1. The minimum absolute atomic E-state index is 1.06. The van der Waals surface area contributed by atoms with E-state index in [1.165, 1.54) is 21.2 Å². The van der Waals surface area contributed by atoms with Crippen LogP contribution < -0.4 is 0 Å². The van der Waals surface area contributed by atoms with Crippen molar-refractivity contribution in [3.63, 3.8) is 0 Å². The lowest BCUT2D eigenvalue weighted by Crippen LogP contribution is -2.22. The maximum absolute atomic E-state index is 3.60. The van der Waals surface area contributed by atoms with Crippen molar-refractivity contribution in [1.82, 2.24) is 4.90 Å². The SMILES string of the molecule is CCN(CC)Cc1cc(C)c(Br)c(C)c1. The molecule has 2 heteroatoms. The number of benzene rings is 1. The van der Waals surface area contributed by atoms with E-state index < -0.39 is 0 Å². The van der Waals surface area contributed by atoms with Crippen molar-refractivity contribution in [3.05, 3.63) is 33.3 Å². The zero-order valence-electron chi connectivity index (χ0n) is 10.1. The molecule has 0 fully saturated rings. The summed E-state index contributed by atoms with van der Waals surface area (Å²) in [6, 6.07) is 4.55. The van der Waals surface area contributed by atoms with Crippen molar-refractivity contribution >= 4 is 15.9 Å². The maximum atomic E-state index is 3.60. The molecule has 0 bridgehead atoms. The summed E-state index contributed by atoms with van der Waals surface area (Å²) in [6.07, 6.45) is 0. The Balaban J connectivity index is 2.87. The van der Waals surface area contributed by atoms with E-state index in [1.54, 1.807) is 0 Å². The second kappa shape index (κ2) is 5.66. The van der Waals surface area contributed by atoms with Crippen molar-refractivity contribution in [2.45, 2.75) is 34.2 Å². The largest absolute Gasteiger partial charge is 0.300 e. The number of hydrogen-bond donors (Lipinski definition) is 0. The molecule has 0 aromatic heterocycles. The summed E-state index contributed by atoms with van der Waals surface area (Å²) in [7, 11) is 0. The van der Waals surface area contributed by atoms with E-state index in [-0.39, 0.29) is 0 Å². The van der Waals surface area contributed by atoms with Crippen LogP contribution in [0.4, 0.5) is 0 Å².